The van der Waals surface area contributed by atoms with Crippen LogP contribution >= 0.6 is 0 Å². The molecule has 4 aromatic rings. The van der Waals surface area contributed by atoms with Gasteiger partial charge >= 0.3 is 0 Å². The van der Waals surface area contributed by atoms with Crippen molar-refractivity contribution in [3.8, 4) is 11.5 Å². The van der Waals surface area contributed by atoms with Crippen molar-refractivity contribution in [3.63, 3.8) is 0 Å². The summed E-state index contributed by atoms with van der Waals surface area (Å²) in [7, 11) is 0. The summed E-state index contributed by atoms with van der Waals surface area (Å²) >= 11 is 0. The molecule has 5 rings (SSSR count). The summed E-state index contributed by atoms with van der Waals surface area (Å²) in [5, 5.41) is 10.7. The molecule has 1 atom stereocenters. The maximum atomic E-state index is 13.8. The van der Waals surface area contributed by atoms with Gasteiger partial charge in [0.2, 0.25) is 5.76 Å². The van der Waals surface area contributed by atoms with Gasteiger partial charge in [-0.15, -0.1) is 0 Å². The van der Waals surface area contributed by atoms with Crippen molar-refractivity contribution in [1.29, 1.82) is 0 Å². The number of aryl methyl sites for hydroxylation is 3. The third kappa shape index (κ3) is 3.34. The Kier molecular flexibility index (Phi) is 5.16. The van der Waals surface area contributed by atoms with Crippen LogP contribution in [0.25, 0.3) is 11.0 Å². The van der Waals surface area contributed by atoms with Crippen molar-refractivity contribution in [2.24, 2.45) is 0 Å². The topological polar surface area (TPSA) is 80.0 Å². The second-order valence-corrected chi connectivity index (χ2v) is 8.68. The number of phenols is 1. The van der Waals surface area contributed by atoms with Crippen molar-refractivity contribution < 1.29 is 19.1 Å². The quantitative estimate of drug-likeness (QED) is 0.435. The van der Waals surface area contributed by atoms with Gasteiger partial charge in [-0.2, -0.15) is 0 Å². The third-order valence-electron chi connectivity index (χ3n) is 6.40. The molecule has 0 saturated carbocycles. The van der Waals surface area contributed by atoms with Gasteiger partial charge in [-0.3, -0.25) is 14.5 Å². The number of benzene rings is 3. The number of carbonyl (C=O) groups is 1. The fraction of sp³-hybridized carbons (Fsp3) is 0.214. The molecule has 2 heterocycles. The second kappa shape index (κ2) is 8.06. The number of fused-ring (bicyclic) bond motifs is 2. The molecule has 0 bridgehead atoms. The summed E-state index contributed by atoms with van der Waals surface area (Å²) in [5.74, 6) is -0.0560. The summed E-state index contributed by atoms with van der Waals surface area (Å²) in [4.78, 5) is 29.1. The van der Waals surface area contributed by atoms with Crippen LogP contribution in [0.3, 0.4) is 0 Å². The summed E-state index contributed by atoms with van der Waals surface area (Å²) in [6, 6.07) is 15.3. The van der Waals surface area contributed by atoms with Gasteiger partial charge in [0.1, 0.15) is 5.58 Å². The summed E-state index contributed by atoms with van der Waals surface area (Å²) in [6.07, 6.45) is 0. The Morgan fingerprint density at radius 3 is 2.38 bits per heavy atom. The van der Waals surface area contributed by atoms with E-state index in [-0.39, 0.29) is 28.4 Å². The highest BCUT2D eigenvalue weighted by atomic mass is 16.5. The normalized spacial score (nSPS) is 15.1. The third-order valence-corrected chi connectivity index (χ3v) is 6.40. The molecule has 0 radical (unpaired) electrons. The lowest BCUT2D eigenvalue weighted by atomic mass is 9.97. The van der Waals surface area contributed by atoms with Gasteiger partial charge in [0.05, 0.1) is 23.6 Å². The monoisotopic (exact) mass is 455 g/mol. The number of anilines is 1. The molecule has 0 saturated heterocycles. The molecule has 0 spiro atoms. The van der Waals surface area contributed by atoms with Crippen LogP contribution in [-0.4, -0.2) is 17.6 Å². The molecule has 1 aliphatic rings. The number of rotatable bonds is 4. The largest absolute Gasteiger partial charge is 0.504 e. The highest BCUT2D eigenvalue weighted by molar-refractivity contribution is 6.10. The van der Waals surface area contributed by atoms with E-state index >= 15 is 0 Å². The van der Waals surface area contributed by atoms with Gasteiger partial charge in [0, 0.05) is 5.69 Å². The van der Waals surface area contributed by atoms with E-state index in [1.54, 1.807) is 23.1 Å². The van der Waals surface area contributed by atoms with Gasteiger partial charge in [0.25, 0.3) is 5.91 Å². The van der Waals surface area contributed by atoms with Crippen molar-refractivity contribution in [3.05, 3.63) is 98.4 Å². The van der Waals surface area contributed by atoms with Gasteiger partial charge in [-0.1, -0.05) is 23.8 Å². The van der Waals surface area contributed by atoms with E-state index in [1.807, 2.05) is 58.0 Å². The Hall–Kier alpha value is -4.06. The predicted molar refractivity (Wildman–Crippen MR) is 131 cm³/mol. The number of ether oxygens (including phenoxy) is 1. The van der Waals surface area contributed by atoms with E-state index in [1.165, 1.54) is 6.07 Å². The fourth-order valence-corrected chi connectivity index (χ4v) is 4.49. The average molecular weight is 456 g/mol. The first kappa shape index (κ1) is 21.8. The number of hydrogen-bond acceptors (Lipinski definition) is 5. The van der Waals surface area contributed by atoms with E-state index in [9.17, 15) is 14.7 Å². The van der Waals surface area contributed by atoms with Crippen LogP contribution in [0.2, 0.25) is 0 Å². The molecule has 6 heteroatoms. The maximum Gasteiger partial charge on any atom is 0.295 e. The molecule has 1 aliphatic heterocycles. The summed E-state index contributed by atoms with van der Waals surface area (Å²) in [6.45, 7) is 8.04. The zero-order chi connectivity index (χ0) is 24.1. The number of amides is 1. The summed E-state index contributed by atoms with van der Waals surface area (Å²) in [5.41, 5.74) is 4.74. The minimum absolute atomic E-state index is 0.00585. The summed E-state index contributed by atoms with van der Waals surface area (Å²) < 4.78 is 11.7. The van der Waals surface area contributed by atoms with Crippen molar-refractivity contribution in [1.82, 2.24) is 0 Å². The average Bonchev–Trinajstić information content (AvgIpc) is 3.10. The van der Waals surface area contributed by atoms with E-state index in [0.29, 0.717) is 34.6 Å². The Morgan fingerprint density at radius 2 is 1.68 bits per heavy atom. The van der Waals surface area contributed by atoms with Crippen molar-refractivity contribution >= 4 is 22.6 Å². The Balaban J connectivity index is 1.81. The van der Waals surface area contributed by atoms with E-state index in [4.69, 9.17) is 9.15 Å². The van der Waals surface area contributed by atoms with Crippen LogP contribution in [0.15, 0.2) is 63.8 Å². The molecular formula is C28H25NO5. The first-order valence-electron chi connectivity index (χ1n) is 11.2. The van der Waals surface area contributed by atoms with Gasteiger partial charge in [-0.25, -0.2) is 0 Å². The van der Waals surface area contributed by atoms with Crippen molar-refractivity contribution in [2.45, 2.75) is 33.7 Å². The lowest BCUT2D eigenvalue weighted by molar-refractivity contribution is 0.0971. The number of carbonyl (C=O) groups excluding carboxylic acids is 1. The Morgan fingerprint density at radius 1 is 0.971 bits per heavy atom. The number of aromatic hydroxyl groups is 1. The maximum absolute atomic E-state index is 13.8. The van der Waals surface area contributed by atoms with Gasteiger partial charge in [0.15, 0.2) is 16.9 Å². The molecular weight excluding hydrogens is 430 g/mol. The minimum atomic E-state index is -0.729. The van der Waals surface area contributed by atoms with E-state index < -0.39 is 6.04 Å². The highest BCUT2D eigenvalue weighted by Crippen LogP contribution is 2.43. The molecule has 1 aromatic heterocycles. The molecule has 3 aromatic carbocycles. The lowest BCUT2D eigenvalue weighted by Crippen LogP contribution is -2.29. The molecule has 1 amide bonds. The zero-order valence-corrected chi connectivity index (χ0v) is 19.5. The molecule has 172 valence electrons. The van der Waals surface area contributed by atoms with Crippen LogP contribution in [0.1, 0.15) is 51.3 Å². The SMILES string of the molecule is CCOc1cc(C2c3c(oc4cc(C)c(C)cc4c3=O)C(=O)N2c2ccc(C)cc2)ccc1O. The van der Waals surface area contributed by atoms with Crippen LogP contribution in [0.4, 0.5) is 5.69 Å². The van der Waals surface area contributed by atoms with Gasteiger partial charge < -0.3 is 14.3 Å². The fourth-order valence-electron chi connectivity index (χ4n) is 4.49. The first-order valence-corrected chi connectivity index (χ1v) is 11.2. The lowest BCUT2D eigenvalue weighted by Gasteiger charge is -2.26. The second-order valence-electron chi connectivity index (χ2n) is 8.68. The van der Waals surface area contributed by atoms with Gasteiger partial charge in [-0.05, 0) is 80.8 Å². The zero-order valence-electron chi connectivity index (χ0n) is 19.5. The van der Waals surface area contributed by atoms with E-state index in [2.05, 4.69) is 0 Å². The first-order chi connectivity index (χ1) is 16.3. The number of nitrogens with zero attached hydrogens (tertiary/aromatic N) is 1. The Bertz CT molecular complexity index is 1500. The van der Waals surface area contributed by atoms with E-state index in [0.717, 1.165) is 16.7 Å². The standard InChI is InChI=1S/C28H25NO5/c1-5-33-23-14-18(8-11-21(23)30)25-24-26(31)20-12-16(3)17(4)13-22(20)34-27(24)28(32)29(25)19-9-6-15(2)7-10-19/h6-14,25,30H,5H2,1-4H3. The van der Waals surface area contributed by atoms with Crippen LogP contribution in [-0.2, 0) is 0 Å². The van der Waals surface area contributed by atoms with Crippen LogP contribution in [0.5, 0.6) is 11.5 Å². The molecule has 0 aliphatic carbocycles. The van der Waals surface area contributed by atoms with Crippen LogP contribution < -0.4 is 15.1 Å². The molecule has 6 nitrogen and oxygen atoms in total. The number of hydrogen-bond donors (Lipinski definition) is 1. The highest BCUT2D eigenvalue weighted by Gasteiger charge is 2.44. The van der Waals surface area contributed by atoms with Crippen molar-refractivity contribution in [2.75, 3.05) is 11.5 Å². The number of phenolic OH excluding ortho intramolecular Hbond substituents is 1. The van der Waals surface area contributed by atoms with Crippen LogP contribution in [0, 0.1) is 20.8 Å². The smallest absolute Gasteiger partial charge is 0.295 e. The Labute approximate surface area is 197 Å². The minimum Gasteiger partial charge on any atom is -0.504 e. The molecule has 0 fully saturated rings. The molecule has 1 N–H and O–H groups in total. The predicted octanol–water partition coefficient (Wildman–Crippen LogP) is 5.57. The molecule has 1 unspecified atom stereocenters. The molecule has 34 heavy (non-hydrogen) atoms.